The van der Waals surface area contributed by atoms with Crippen LogP contribution in [0.15, 0.2) is 36.4 Å². The average molecular weight is 350 g/mol. The Kier molecular flexibility index (Phi) is 5.17. The summed E-state index contributed by atoms with van der Waals surface area (Å²) in [4.78, 5) is 11.8. The Hall–Kier alpha value is -0.930. The average Bonchev–Trinajstić information content (AvgIpc) is 2.36. The van der Waals surface area contributed by atoms with E-state index in [0.29, 0.717) is 10.0 Å². The van der Waals surface area contributed by atoms with Gasteiger partial charge in [0.2, 0.25) is 0 Å². The Morgan fingerprint density at radius 1 is 0.950 bits per heavy atom. The van der Waals surface area contributed by atoms with E-state index in [1.165, 1.54) is 12.1 Å². The molecule has 0 aromatic heterocycles. The van der Waals surface area contributed by atoms with Crippen molar-refractivity contribution in [1.29, 1.82) is 0 Å². The third-order valence-corrected chi connectivity index (χ3v) is 3.69. The van der Waals surface area contributed by atoms with Crippen LogP contribution in [0.2, 0.25) is 20.1 Å². The SMILES string of the molecule is O=C(Cc1cccc(Cl)c1)Oc1cc(Cl)c(Cl)cc1Cl. The molecule has 6 heteroatoms. The van der Waals surface area contributed by atoms with Crippen LogP contribution in [0.5, 0.6) is 5.75 Å². The number of hydrogen-bond donors (Lipinski definition) is 0. The van der Waals surface area contributed by atoms with Crippen molar-refractivity contribution in [2.24, 2.45) is 0 Å². The van der Waals surface area contributed by atoms with Crippen LogP contribution in [-0.2, 0) is 11.2 Å². The van der Waals surface area contributed by atoms with Crippen molar-refractivity contribution in [3.63, 3.8) is 0 Å². The molecule has 0 bridgehead atoms. The minimum absolute atomic E-state index is 0.0805. The Labute approximate surface area is 136 Å². The second kappa shape index (κ2) is 6.68. The van der Waals surface area contributed by atoms with E-state index in [1.54, 1.807) is 24.3 Å². The summed E-state index contributed by atoms with van der Waals surface area (Å²) < 4.78 is 5.17. The zero-order valence-corrected chi connectivity index (χ0v) is 13.0. The van der Waals surface area contributed by atoms with Crippen molar-refractivity contribution in [2.75, 3.05) is 0 Å². The van der Waals surface area contributed by atoms with Crippen LogP contribution >= 0.6 is 46.4 Å². The molecule has 0 radical (unpaired) electrons. The van der Waals surface area contributed by atoms with E-state index < -0.39 is 5.97 Å². The summed E-state index contributed by atoms with van der Waals surface area (Å²) in [5.74, 6) is -0.291. The number of ether oxygens (including phenoxy) is 1. The first-order valence-corrected chi connectivity index (χ1v) is 7.06. The van der Waals surface area contributed by atoms with Crippen molar-refractivity contribution in [3.8, 4) is 5.75 Å². The van der Waals surface area contributed by atoms with Gasteiger partial charge >= 0.3 is 5.97 Å². The van der Waals surface area contributed by atoms with Gasteiger partial charge in [0.25, 0.3) is 0 Å². The third kappa shape index (κ3) is 4.03. The monoisotopic (exact) mass is 348 g/mol. The standard InChI is InChI=1S/C14H8Cl4O2/c15-9-3-1-2-8(4-9)5-14(19)20-13-7-11(17)10(16)6-12(13)18/h1-4,6-7H,5H2. The highest BCUT2D eigenvalue weighted by atomic mass is 35.5. The predicted octanol–water partition coefficient (Wildman–Crippen LogP) is 5.45. The lowest BCUT2D eigenvalue weighted by Gasteiger charge is -2.08. The van der Waals surface area contributed by atoms with Gasteiger partial charge in [0.15, 0.2) is 5.75 Å². The first-order chi connectivity index (χ1) is 9.45. The molecule has 0 aliphatic carbocycles. The smallest absolute Gasteiger partial charge is 0.315 e. The molecular weight excluding hydrogens is 342 g/mol. The zero-order chi connectivity index (χ0) is 14.7. The molecule has 2 nitrogen and oxygen atoms in total. The molecule has 0 heterocycles. The van der Waals surface area contributed by atoms with Gasteiger partial charge in [0, 0.05) is 11.1 Å². The molecule has 0 N–H and O–H groups in total. The summed E-state index contributed by atoms with van der Waals surface area (Å²) in [6.07, 6.45) is 0.0805. The van der Waals surface area contributed by atoms with Crippen LogP contribution in [0.3, 0.4) is 0 Å². The highest BCUT2D eigenvalue weighted by Gasteiger charge is 2.12. The lowest BCUT2D eigenvalue weighted by Crippen LogP contribution is -2.11. The summed E-state index contributed by atoms with van der Waals surface area (Å²) in [7, 11) is 0. The Balaban J connectivity index is 2.10. The zero-order valence-electron chi connectivity index (χ0n) is 10.00. The summed E-state index contributed by atoms with van der Waals surface area (Å²) in [6.45, 7) is 0. The molecule has 0 spiro atoms. The molecule has 0 aliphatic heterocycles. The molecular formula is C14H8Cl4O2. The van der Waals surface area contributed by atoms with Crippen LogP contribution in [0.4, 0.5) is 0 Å². The van der Waals surface area contributed by atoms with E-state index in [1.807, 2.05) is 0 Å². The van der Waals surface area contributed by atoms with Gasteiger partial charge in [0.05, 0.1) is 21.5 Å². The number of esters is 1. The van der Waals surface area contributed by atoms with Crippen molar-refractivity contribution in [2.45, 2.75) is 6.42 Å². The quantitative estimate of drug-likeness (QED) is 0.418. The predicted molar refractivity (Wildman–Crippen MR) is 82.3 cm³/mol. The number of benzene rings is 2. The maximum Gasteiger partial charge on any atom is 0.315 e. The minimum Gasteiger partial charge on any atom is -0.425 e. The molecule has 2 rings (SSSR count). The molecule has 0 aliphatic rings. The molecule has 0 atom stereocenters. The first-order valence-electron chi connectivity index (χ1n) is 5.55. The fourth-order valence-corrected chi connectivity index (χ4v) is 2.34. The number of carbonyl (C=O) groups excluding carboxylic acids is 1. The van der Waals surface area contributed by atoms with Crippen LogP contribution in [-0.4, -0.2) is 5.97 Å². The fourth-order valence-electron chi connectivity index (χ4n) is 1.55. The minimum atomic E-state index is -0.465. The van der Waals surface area contributed by atoms with Gasteiger partial charge in [-0.2, -0.15) is 0 Å². The highest BCUT2D eigenvalue weighted by molar-refractivity contribution is 6.43. The van der Waals surface area contributed by atoms with E-state index in [2.05, 4.69) is 0 Å². The number of rotatable bonds is 3. The van der Waals surface area contributed by atoms with E-state index in [9.17, 15) is 4.79 Å². The van der Waals surface area contributed by atoms with Crippen LogP contribution in [0.25, 0.3) is 0 Å². The Bertz CT molecular complexity index is 656. The van der Waals surface area contributed by atoms with Gasteiger partial charge in [-0.25, -0.2) is 0 Å². The van der Waals surface area contributed by atoms with Crippen LogP contribution < -0.4 is 4.74 Å². The van der Waals surface area contributed by atoms with Gasteiger partial charge in [-0.05, 0) is 23.8 Å². The van der Waals surface area contributed by atoms with Crippen LogP contribution in [0, 0.1) is 0 Å². The highest BCUT2D eigenvalue weighted by Crippen LogP contribution is 2.34. The summed E-state index contributed by atoms with van der Waals surface area (Å²) >= 11 is 23.4. The molecule has 2 aromatic rings. The maximum absolute atomic E-state index is 11.8. The van der Waals surface area contributed by atoms with Gasteiger partial charge in [0.1, 0.15) is 0 Å². The summed E-state index contributed by atoms with van der Waals surface area (Å²) in [6, 6.07) is 9.79. The van der Waals surface area contributed by atoms with Crippen molar-refractivity contribution >= 4 is 52.4 Å². The molecule has 0 saturated heterocycles. The lowest BCUT2D eigenvalue weighted by molar-refractivity contribution is -0.133. The Morgan fingerprint density at radius 3 is 2.35 bits per heavy atom. The third-order valence-electron chi connectivity index (χ3n) is 2.44. The van der Waals surface area contributed by atoms with E-state index in [-0.39, 0.29) is 22.2 Å². The van der Waals surface area contributed by atoms with Crippen LogP contribution in [0.1, 0.15) is 5.56 Å². The number of hydrogen-bond acceptors (Lipinski definition) is 2. The molecule has 20 heavy (non-hydrogen) atoms. The van der Waals surface area contributed by atoms with Gasteiger partial charge in [-0.15, -0.1) is 0 Å². The fraction of sp³-hybridized carbons (Fsp3) is 0.0714. The summed E-state index contributed by atoms with van der Waals surface area (Å²) in [5, 5.41) is 1.34. The van der Waals surface area contributed by atoms with E-state index in [4.69, 9.17) is 51.1 Å². The van der Waals surface area contributed by atoms with Gasteiger partial charge in [-0.3, -0.25) is 4.79 Å². The molecule has 0 saturated carbocycles. The summed E-state index contributed by atoms with van der Waals surface area (Å²) in [5.41, 5.74) is 0.749. The normalized spacial score (nSPS) is 10.4. The van der Waals surface area contributed by atoms with Gasteiger partial charge < -0.3 is 4.74 Å². The maximum atomic E-state index is 11.8. The van der Waals surface area contributed by atoms with E-state index in [0.717, 1.165) is 5.56 Å². The Morgan fingerprint density at radius 2 is 1.65 bits per heavy atom. The first kappa shape index (κ1) is 15.5. The molecule has 2 aromatic carbocycles. The largest absolute Gasteiger partial charge is 0.425 e. The molecule has 0 unspecified atom stereocenters. The van der Waals surface area contributed by atoms with Crippen molar-refractivity contribution < 1.29 is 9.53 Å². The number of carbonyl (C=O) groups is 1. The topological polar surface area (TPSA) is 26.3 Å². The molecule has 0 fully saturated rings. The molecule has 104 valence electrons. The molecule has 0 amide bonds. The number of halogens is 4. The van der Waals surface area contributed by atoms with Crippen molar-refractivity contribution in [3.05, 3.63) is 62.1 Å². The lowest BCUT2D eigenvalue weighted by atomic mass is 10.1. The van der Waals surface area contributed by atoms with E-state index >= 15 is 0 Å². The van der Waals surface area contributed by atoms with Crippen molar-refractivity contribution in [1.82, 2.24) is 0 Å². The second-order valence-corrected chi connectivity index (χ2v) is 5.64. The second-order valence-electron chi connectivity index (χ2n) is 3.98. The van der Waals surface area contributed by atoms with Gasteiger partial charge in [-0.1, -0.05) is 58.5 Å².